The minimum Gasteiger partial charge on any atom is -0.373 e. The number of benzene rings is 1. The van der Waals surface area contributed by atoms with Gasteiger partial charge in [0.15, 0.2) is 5.96 Å². The summed E-state index contributed by atoms with van der Waals surface area (Å²) in [5.41, 5.74) is 7.17. The Hall–Kier alpha value is -0.820. The Morgan fingerprint density at radius 1 is 1.36 bits per heavy atom. The average Bonchev–Trinajstić information content (AvgIpc) is 2.52. The third-order valence-electron chi connectivity index (χ3n) is 3.75. The van der Waals surface area contributed by atoms with Crippen molar-refractivity contribution in [1.82, 2.24) is 5.32 Å². The molecule has 5 heteroatoms. The molecule has 124 valence electrons. The second-order valence-corrected chi connectivity index (χ2v) is 6.11. The zero-order chi connectivity index (χ0) is 15.1. The second-order valence-electron chi connectivity index (χ2n) is 6.11. The Morgan fingerprint density at radius 3 is 2.77 bits per heavy atom. The first-order valence-corrected chi connectivity index (χ1v) is 7.87. The Labute approximate surface area is 150 Å². The van der Waals surface area contributed by atoms with Crippen LogP contribution in [0, 0.1) is 11.8 Å². The number of rotatable bonds is 5. The van der Waals surface area contributed by atoms with Gasteiger partial charge in [0, 0.05) is 25.6 Å². The molecule has 1 aromatic rings. The van der Waals surface area contributed by atoms with Crippen molar-refractivity contribution < 1.29 is 4.74 Å². The molecular weight excluding hydrogens is 389 g/mol. The molecule has 1 aliphatic heterocycles. The van der Waals surface area contributed by atoms with E-state index in [9.17, 15) is 0 Å². The lowest BCUT2D eigenvalue weighted by molar-refractivity contribution is -0.0265. The van der Waals surface area contributed by atoms with Crippen LogP contribution in [0.1, 0.15) is 38.4 Å². The molecule has 1 aromatic carbocycles. The summed E-state index contributed by atoms with van der Waals surface area (Å²) in [7, 11) is 0. The van der Waals surface area contributed by atoms with E-state index in [1.54, 1.807) is 0 Å². The van der Waals surface area contributed by atoms with Crippen molar-refractivity contribution in [3.63, 3.8) is 0 Å². The predicted molar refractivity (Wildman–Crippen MR) is 103 cm³/mol. The van der Waals surface area contributed by atoms with Crippen molar-refractivity contribution in [2.24, 2.45) is 22.6 Å². The Bertz CT molecular complexity index is 450. The van der Waals surface area contributed by atoms with Gasteiger partial charge in [0.05, 0.1) is 6.10 Å². The normalized spacial score (nSPS) is 22.2. The summed E-state index contributed by atoms with van der Waals surface area (Å²) in [5, 5.41) is 3.26. The van der Waals surface area contributed by atoms with Gasteiger partial charge in [-0.3, -0.25) is 4.99 Å². The van der Waals surface area contributed by atoms with Crippen LogP contribution in [0.4, 0.5) is 0 Å². The van der Waals surface area contributed by atoms with Gasteiger partial charge in [0.2, 0.25) is 0 Å². The lowest BCUT2D eigenvalue weighted by atomic mass is 9.89. The van der Waals surface area contributed by atoms with Crippen LogP contribution in [0.25, 0.3) is 0 Å². The van der Waals surface area contributed by atoms with E-state index in [-0.39, 0.29) is 30.1 Å². The molecule has 2 atom stereocenters. The molecule has 22 heavy (non-hydrogen) atoms. The molecule has 0 aromatic heterocycles. The highest BCUT2D eigenvalue weighted by Crippen LogP contribution is 2.32. The number of ether oxygens (including phenoxy) is 1. The molecule has 0 spiro atoms. The molecule has 4 nitrogen and oxygen atoms in total. The van der Waals surface area contributed by atoms with Gasteiger partial charge in [-0.2, -0.15) is 0 Å². The topological polar surface area (TPSA) is 59.6 Å². The third-order valence-corrected chi connectivity index (χ3v) is 3.75. The molecule has 0 bridgehead atoms. The lowest BCUT2D eigenvalue weighted by Crippen LogP contribution is -2.39. The van der Waals surface area contributed by atoms with Crippen LogP contribution in [0.3, 0.4) is 0 Å². The van der Waals surface area contributed by atoms with Crippen LogP contribution in [0.15, 0.2) is 35.3 Å². The van der Waals surface area contributed by atoms with E-state index < -0.39 is 0 Å². The van der Waals surface area contributed by atoms with Gasteiger partial charge in [-0.25, -0.2) is 0 Å². The van der Waals surface area contributed by atoms with Gasteiger partial charge in [0.25, 0.3) is 0 Å². The number of nitrogens with zero attached hydrogens (tertiary/aromatic N) is 1. The molecule has 0 saturated carbocycles. The molecule has 1 heterocycles. The maximum absolute atomic E-state index is 5.99. The van der Waals surface area contributed by atoms with Crippen LogP contribution in [0.2, 0.25) is 0 Å². The van der Waals surface area contributed by atoms with Crippen molar-refractivity contribution in [3.8, 4) is 0 Å². The molecule has 1 fully saturated rings. The minimum atomic E-state index is 0. The highest BCUT2D eigenvalue weighted by molar-refractivity contribution is 14.0. The number of guanidine groups is 1. The number of hydrogen-bond acceptors (Lipinski definition) is 2. The van der Waals surface area contributed by atoms with E-state index in [4.69, 9.17) is 10.5 Å². The van der Waals surface area contributed by atoms with Crippen LogP contribution < -0.4 is 11.1 Å². The summed E-state index contributed by atoms with van der Waals surface area (Å²) in [4.78, 5) is 4.35. The van der Waals surface area contributed by atoms with E-state index >= 15 is 0 Å². The highest BCUT2D eigenvalue weighted by Gasteiger charge is 2.27. The number of aliphatic imine (C=N–C) groups is 1. The van der Waals surface area contributed by atoms with Crippen LogP contribution in [-0.2, 0) is 4.74 Å². The summed E-state index contributed by atoms with van der Waals surface area (Å²) in [6.07, 6.45) is 2.42. The summed E-state index contributed by atoms with van der Waals surface area (Å²) in [6.45, 7) is 6.69. The third kappa shape index (κ3) is 6.12. The first kappa shape index (κ1) is 19.2. The first-order valence-electron chi connectivity index (χ1n) is 7.87. The van der Waals surface area contributed by atoms with Crippen molar-refractivity contribution in [2.45, 2.75) is 32.8 Å². The summed E-state index contributed by atoms with van der Waals surface area (Å²) in [5.74, 6) is 1.51. The maximum atomic E-state index is 5.99. The second kappa shape index (κ2) is 10.0. The molecule has 1 saturated heterocycles. The average molecular weight is 417 g/mol. The van der Waals surface area contributed by atoms with Gasteiger partial charge in [0.1, 0.15) is 0 Å². The monoisotopic (exact) mass is 417 g/mol. The van der Waals surface area contributed by atoms with Crippen LogP contribution in [-0.4, -0.2) is 25.7 Å². The van der Waals surface area contributed by atoms with Crippen molar-refractivity contribution in [3.05, 3.63) is 35.9 Å². The number of nitrogens with one attached hydrogen (secondary N) is 1. The Balaban J connectivity index is 0.00000242. The van der Waals surface area contributed by atoms with Gasteiger partial charge in [-0.15, -0.1) is 24.0 Å². The molecular formula is C17H28IN3O. The molecule has 0 amide bonds. The van der Waals surface area contributed by atoms with Crippen molar-refractivity contribution in [2.75, 3.05) is 19.7 Å². The van der Waals surface area contributed by atoms with Crippen LogP contribution in [0.5, 0.6) is 0 Å². The Kier molecular flexibility index (Phi) is 8.78. The van der Waals surface area contributed by atoms with Gasteiger partial charge < -0.3 is 15.8 Å². The maximum Gasteiger partial charge on any atom is 0.188 e. The fourth-order valence-electron chi connectivity index (χ4n) is 2.64. The Morgan fingerprint density at radius 2 is 2.09 bits per heavy atom. The summed E-state index contributed by atoms with van der Waals surface area (Å²) >= 11 is 0. The van der Waals surface area contributed by atoms with Crippen molar-refractivity contribution >= 4 is 29.9 Å². The summed E-state index contributed by atoms with van der Waals surface area (Å²) in [6, 6.07) is 10.4. The number of nitrogens with two attached hydrogens (primary N) is 1. The molecule has 0 aliphatic carbocycles. The minimum absolute atomic E-state index is 0. The zero-order valence-electron chi connectivity index (χ0n) is 13.5. The van der Waals surface area contributed by atoms with E-state index in [1.807, 2.05) is 6.07 Å². The predicted octanol–water partition coefficient (Wildman–Crippen LogP) is 3.33. The first-order chi connectivity index (χ1) is 10.2. The molecule has 1 aliphatic rings. The van der Waals surface area contributed by atoms with Gasteiger partial charge in [-0.1, -0.05) is 44.2 Å². The largest absolute Gasteiger partial charge is 0.373 e. The van der Waals surface area contributed by atoms with Gasteiger partial charge in [-0.05, 0) is 24.3 Å². The van der Waals surface area contributed by atoms with E-state index in [2.05, 4.69) is 48.4 Å². The SMILES string of the molecule is CC(C)CN=C(N)NCC1CCCOC1c1ccccc1.I. The number of hydrogen-bond donors (Lipinski definition) is 2. The van der Waals surface area contributed by atoms with E-state index in [1.165, 1.54) is 5.56 Å². The standard InChI is InChI=1S/C17H27N3O.HI/c1-13(2)11-19-17(18)20-12-15-9-6-10-21-16(15)14-7-4-3-5-8-14;/h3-5,7-8,13,15-16H,6,9-12H2,1-2H3,(H3,18,19,20);1H. The smallest absolute Gasteiger partial charge is 0.188 e. The fourth-order valence-corrected chi connectivity index (χ4v) is 2.64. The molecule has 0 radical (unpaired) electrons. The molecule has 2 rings (SSSR count). The molecule has 2 unspecified atom stereocenters. The fraction of sp³-hybridized carbons (Fsp3) is 0.588. The summed E-state index contributed by atoms with van der Waals surface area (Å²) < 4.78 is 5.99. The van der Waals surface area contributed by atoms with Crippen molar-refractivity contribution in [1.29, 1.82) is 0 Å². The lowest BCUT2D eigenvalue weighted by Gasteiger charge is -2.32. The van der Waals surface area contributed by atoms with E-state index in [0.717, 1.165) is 32.5 Å². The molecule has 3 N–H and O–H groups in total. The number of halogens is 1. The van der Waals surface area contributed by atoms with Crippen LogP contribution >= 0.6 is 24.0 Å². The van der Waals surface area contributed by atoms with E-state index in [0.29, 0.717) is 17.8 Å². The zero-order valence-corrected chi connectivity index (χ0v) is 15.8. The van der Waals surface area contributed by atoms with Gasteiger partial charge >= 0.3 is 0 Å². The quantitative estimate of drug-likeness (QED) is 0.439. The highest BCUT2D eigenvalue weighted by atomic mass is 127.